The predicted octanol–water partition coefficient (Wildman–Crippen LogP) is 2.86. The van der Waals surface area contributed by atoms with Gasteiger partial charge in [-0.3, -0.25) is 0 Å². The van der Waals surface area contributed by atoms with Crippen LogP contribution in [-0.2, 0) is 6.54 Å². The normalized spacial score (nSPS) is 11.1. The summed E-state index contributed by atoms with van der Waals surface area (Å²) in [5, 5.41) is 5.35. The fraction of sp³-hybridized carbons (Fsp3) is 0.0833. The lowest BCUT2D eigenvalue weighted by molar-refractivity contribution is 0.602. The molecule has 0 aliphatic carbocycles. The second kappa shape index (κ2) is 4.06. The molecule has 0 aliphatic heterocycles. The number of rotatable bonds is 2. The predicted molar refractivity (Wildman–Crippen MR) is 74.7 cm³/mol. The summed E-state index contributed by atoms with van der Waals surface area (Å²) in [4.78, 5) is 0. The van der Waals surface area contributed by atoms with Crippen LogP contribution in [0.25, 0.3) is 11.0 Å². The molecule has 3 rings (SSSR count). The van der Waals surface area contributed by atoms with Crippen molar-refractivity contribution in [2.45, 2.75) is 6.54 Å². The van der Waals surface area contributed by atoms with Crippen molar-refractivity contribution in [3.05, 3.63) is 45.9 Å². The standard InChI is InChI=1S/C12H10IN3O/c13-10-5-15-16(12(10)14)6-8-7-17-11-4-2-1-3-9(8)11/h1-5,7H,6,14H2. The second-order valence-corrected chi connectivity index (χ2v) is 4.95. The summed E-state index contributed by atoms with van der Waals surface area (Å²) in [6, 6.07) is 7.95. The van der Waals surface area contributed by atoms with Gasteiger partial charge in [-0.2, -0.15) is 5.10 Å². The molecule has 0 unspecified atom stereocenters. The zero-order valence-electron chi connectivity index (χ0n) is 8.93. The number of anilines is 1. The lowest BCUT2D eigenvalue weighted by Gasteiger charge is -2.02. The summed E-state index contributed by atoms with van der Waals surface area (Å²) < 4.78 is 8.23. The third-order valence-corrected chi connectivity index (χ3v) is 3.55. The van der Waals surface area contributed by atoms with Crippen LogP contribution in [0.15, 0.2) is 41.1 Å². The summed E-state index contributed by atoms with van der Waals surface area (Å²) in [5.74, 6) is 0.691. The van der Waals surface area contributed by atoms with Crippen molar-refractivity contribution >= 4 is 39.4 Å². The molecule has 86 valence electrons. The van der Waals surface area contributed by atoms with Crippen LogP contribution < -0.4 is 5.73 Å². The number of aromatic nitrogens is 2. The molecule has 3 aromatic rings. The van der Waals surface area contributed by atoms with Gasteiger partial charge in [0.25, 0.3) is 0 Å². The molecule has 0 amide bonds. The Morgan fingerprint density at radius 3 is 2.94 bits per heavy atom. The SMILES string of the molecule is Nc1c(I)cnn1Cc1coc2ccccc12. The van der Waals surface area contributed by atoms with Crippen LogP contribution >= 0.6 is 22.6 Å². The highest BCUT2D eigenvalue weighted by Crippen LogP contribution is 2.23. The largest absolute Gasteiger partial charge is 0.464 e. The highest BCUT2D eigenvalue weighted by atomic mass is 127. The minimum absolute atomic E-state index is 0.631. The maximum atomic E-state index is 5.93. The van der Waals surface area contributed by atoms with E-state index < -0.39 is 0 Å². The number of nitrogen functional groups attached to an aromatic ring is 1. The maximum absolute atomic E-state index is 5.93. The molecule has 0 spiro atoms. The molecule has 2 heterocycles. The molecule has 0 saturated heterocycles. The fourth-order valence-electron chi connectivity index (χ4n) is 1.81. The third-order valence-electron chi connectivity index (χ3n) is 2.71. The maximum Gasteiger partial charge on any atom is 0.135 e. The molecule has 2 N–H and O–H groups in total. The van der Waals surface area contributed by atoms with Gasteiger partial charge in [-0.25, -0.2) is 4.68 Å². The summed E-state index contributed by atoms with van der Waals surface area (Å²) in [7, 11) is 0. The highest BCUT2D eigenvalue weighted by Gasteiger charge is 2.09. The van der Waals surface area contributed by atoms with E-state index in [4.69, 9.17) is 10.2 Å². The molecule has 0 fully saturated rings. The smallest absolute Gasteiger partial charge is 0.135 e. The quantitative estimate of drug-likeness (QED) is 0.731. The highest BCUT2D eigenvalue weighted by molar-refractivity contribution is 14.1. The van der Waals surface area contributed by atoms with E-state index in [1.807, 2.05) is 24.3 Å². The number of nitrogens with zero attached hydrogens (tertiary/aromatic N) is 2. The number of nitrogens with two attached hydrogens (primary N) is 1. The van der Waals surface area contributed by atoms with E-state index in [-0.39, 0.29) is 0 Å². The Labute approximate surface area is 112 Å². The Hall–Kier alpha value is -1.50. The molecule has 0 bridgehead atoms. The first-order chi connectivity index (χ1) is 8.25. The Morgan fingerprint density at radius 2 is 2.18 bits per heavy atom. The average molecular weight is 339 g/mol. The molecular weight excluding hydrogens is 329 g/mol. The van der Waals surface area contributed by atoms with E-state index in [9.17, 15) is 0 Å². The minimum atomic E-state index is 0.631. The van der Waals surface area contributed by atoms with Gasteiger partial charge in [-0.15, -0.1) is 0 Å². The van der Waals surface area contributed by atoms with Crippen LogP contribution in [-0.4, -0.2) is 9.78 Å². The third kappa shape index (κ3) is 1.80. The number of halogens is 1. The van der Waals surface area contributed by atoms with Gasteiger partial charge in [0.2, 0.25) is 0 Å². The van der Waals surface area contributed by atoms with Gasteiger partial charge in [-0.1, -0.05) is 18.2 Å². The van der Waals surface area contributed by atoms with Crippen molar-refractivity contribution in [2.24, 2.45) is 0 Å². The fourth-order valence-corrected chi connectivity index (χ4v) is 2.22. The first-order valence-corrected chi connectivity index (χ1v) is 6.25. The first kappa shape index (κ1) is 10.6. The van der Waals surface area contributed by atoms with Crippen molar-refractivity contribution in [3.63, 3.8) is 0 Å². The topological polar surface area (TPSA) is 57.0 Å². The van der Waals surface area contributed by atoms with Crippen LogP contribution in [0, 0.1) is 3.57 Å². The second-order valence-electron chi connectivity index (χ2n) is 3.79. The van der Waals surface area contributed by atoms with Crippen LogP contribution in [0.1, 0.15) is 5.56 Å². The van der Waals surface area contributed by atoms with Crippen molar-refractivity contribution in [3.8, 4) is 0 Å². The molecule has 1 aromatic carbocycles. The Bertz CT molecular complexity index is 671. The van der Waals surface area contributed by atoms with E-state index in [2.05, 4.69) is 27.7 Å². The Balaban J connectivity index is 2.03. The van der Waals surface area contributed by atoms with Gasteiger partial charge in [0.1, 0.15) is 11.4 Å². The molecule has 0 radical (unpaired) electrons. The van der Waals surface area contributed by atoms with Crippen molar-refractivity contribution in [1.29, 1.82) is 0 Å². The number of hydrogen-bond donors (Lipinski definition) is 1. The van der Waals surface area contributed by atoms with Crippen LogP contribution in [0.5, 0.6) is 0 Å². The minimum Gasteiger partial charge on any atom is -0.464 e. The summed E-state index contributed by atoms with van der Waals surface area (Å²) in [6.07, 6.45) is 3.52. The Kier molecular flexibility index (Phi) is 2.54. The van der Waals surface area contributed by atoms with E-state index >= 15 is 0 Å². The van der Waals surface area contributed by atoms with E-state index in [0.717, 1.165) is 20.1 Å². The average Bonchev–Trinajstić information content (AvgIpc) is 2.89. The number of fused-ring (bicyclic) bond motifs is 1. The molecule has 17 heavy (non-hydrogen) atoms. The number of furan rings is 1. The summed E-state index contributed by atoms with van der Waals surface area (Å²) >= 11 is 2.17. The lowest BCUT2D eigenvalue weighted by atomic mass is 10.2. The Morgan fingerprint density at radius 1 is 1.35 bits per heavy atom. The monoisotopic (exact) mass is 339 g/mol. The first-order valence-electron chi connectivity index (χ1n) is 5.17. The zero-order valence-corrected chi connectivity index (χ0v) is 11.1. The van der Waals surface area contributed by atoms with Crippen LogP contribution in [0.4, 0.5) is 5.82 Å². The van der Waals surface area contributed by atoms with Gasteiger partial charge < -0.3 is 10.2 Å². The van der Waals surface area contributed by atoms with Gasteiger partial charge in [0.15, 0.2) is 0 Å². The number of benzene rings is 1. The van der Waals surface area contributed by atoms with Crippen molar-refractivity contribution in [1.82, 2.24) is 9.78 Å². The van der Waals surface area contributed by atoms with E-state index in [1.54, 1.807) is 17.1 Å². The van der Waals surface area contributed by atoms with Gasteiger partial charge >= 0.3 is 0 Å². The summed E-state index contributed by atoms with van der Waals surface area (Å²) in [6.45, 7) is 0.631. The lowest BCUT2D eigenvalue weighted by Crippen LogP contribution is -2.05. The zero-order chi connectivity index (χ0) is 11.8. The molecule has 5 heteroatoms. The van der Waals surface area contributed by atoms with Crippen molar-refractivity contribution in [2.75, 3.05) is 5.73 Å². The molecule has 0 aliphatic rings. The molecule has 4 nitrogen and oxygen atoms in total. The molecule has 2 aromatic heterocycles. The van der Waals surface area contributed by atoms with Gasteiger partial charge in [-0.05, 0) is 28.7 Å². The van der Waals surface area contributed by atoms with Crippen LogP contribution in [0.3, 0.4) is 0 Å². The van der Waals surface area contributed by atoms with Crippen LogP contribution in [0.2, 0.25) is 0 Å². The molecular formula is C12H10IN3O. The summed E-state index contributed by atoms with van der Waals surface area (Å²) in [5.41, 5.74) is 7.91. The van der Waals surface area contributed by atoms with Crippen molar-refractivity contribution < 1.29 is 4.42 Å². The molecule has 0 atom stereocenters. The van der Waals surface area contributed by atoms with E-state index in [0.29, 0.717) is 12.4 Å². The molecule has 0 saturated carbocycles. The number of para-hydroxylation sites is 1. The van der Waals surface area contributed by atoms with E-state index in [1.165, 1.54) is 0 Å². The number of hydrogen-bond acceptors (Lipinski definition) is 3. The van der Waals surface area contributed by atoms with Gasteiger partial charge in [0, 0.05) is 10.9 Å². The van der Waals surface area contributed by atoms with Gasteiger partial charge in [0.05, 0.1) is 22.6 Å².